The fourth-order valence-electron chi connectivity index (χ4n) is 3.92. The first-order chi connectivity index (χ1) is 16.8. The molecule has 2 atom stereocenters. The Hall–Kier alpha value is -4.32. The maximum Gasteiger partial charge on any atom is 0.407 e. The molecule has 1 aliphatic carbocycles. The zero-order chi connectivity index (χ0) is 25.4. The molecule has 35 heavy (non-hydrogen) atoms. The number of hydrogen-bond donors (Lipinski definition) is 3. The monoisotopic (exact) mass is 478 g/mol. The van der Waals surface area contributed by atoms with Gasteiger partial charge in [-0.2, -0.15) is 0 Å². The van der Waals surface area contributed by atoms with E-state index in [4.69, 9.17) is 4.74 Å². The van der Waals surface area contributed by atoms with Gasteiger partial charge in [-0.05, 0) is 29.2 Å². The Balaban J connectivity index is 1.67. The van der Waals surface area contributed by atoms with Crippen LogP contribution in [0.2, 0.25) is 0 Å². The summed E-state index contributed by atoms with van der Waals surface area (Å²) in [7, 11) is 1.11. The highest BCUT2D eigenvalue weighted by Crippen LogP contribution is 2.44. The van der Waals surface area contributed by atoms with Crippen molar-refractivity contribution in [2.24, 2.45) is 0 Å². The number of carbonyl (C=O) groups excluding carboxylic acids is 3. The van der Waals surface area contributed by atoms with Crippen molar-refractivity contribution < 1.29 is 33.8 Å². The van der Waals surface area contributed by atoms with Crippen molar-refractivity contribution in [2.45, 2.75) is 37.8 Å². The summed E-state index contributed by atoms with van der Waals surface area (Å²) in [6.07, 6.45) is -1.48. The van der Waals surface area contributed by atoms with Gasteiger partial charge in [0.05, 0.1) is 13.5 Å². The molecule has 3 N–H and O–H groups in total. The van der Waals surface area contributed by atoms with Crippen LogP contribution in [-0.2, 0) is 23.9 Å². The quantitative estimate of drug-likeness (QED) is 0.373. The summed E-state index contributed by atoms with van der Waals surface area (Å²) >= 11 is 0. The lowest BCUT2D eigenvalue weighted by atomic mass is 9.98. The molecule has 9 heteroatoms. The van der Waals surface area contributed by atoms with Gasteiger partial charge in [0.15, 0.2) is 0 Å². The third-order valence-electron chi connectivity index (χ3n) is 5.65. The van der Waals surface area contributed by atoms with E-state index >= 15 is 0 Å². The van der Waals surface area contributed by atoms with Crippen LogP contribution in [0.1, 0.15) is 36.8 Å². The van der Waals surface area contributed by atoms with Crippen LogP contribution in [0.25, 0.3) is 11.1 Å². The molecule has 0 fully saturated rings. The molecule has 0 radical (unpaired) electrons. The van der Waals surface area contributed by atoms with Crippen molar-refractivity contribution in [1.82, 2.24) is 10.6 Å². The van der Waals surface area contributed by atoms with Gasteiger partial charge in [0.25, 0.3) is 0 Å². The average Bonchev–Trinajstić information content (AvgIpc) is 3.18. The van der Waals surface area contributed by atoms with Crippen LogP contribution < -0.4 is 10.6 Å². The summed E-state index contributed by atoms with van der Waals surface area (Å²) < 4.78 is 9.93. The van der Waals surface area contributed by atoms with Gasteiger partial charge >= 0.3 is 18.0 Å². The Bertz CT molecular complexity index is 1140. The van der Waals surface area contributed by atoms with E-state index in [1.165, 1.54) is 0 Å². The first-order valence-corrected chi connectivity index (χ1v) is 11.0. The van der Waals surface area contributed by atoms with Crippen LogP contribution in [-0.4, -0.2) is 54.8 Å². The molecule has 0 aromatic heterocycles. The summed E-state index contributed by atoms with van der Waals surface area (Å²) in [6, 6.07) is 13.1. The highest BCUT2D eigenvalue weighted by atomic mass is 16.5. The number of carboxylic acids is 1. The molecule has 182 valence electrons. The summed E-state index contributed by atoms with van der Waals surface area (Å²) in [5, 5.41) is 14.0. The smallest absolute Gasteiger partial charge is 0.407 e. The van der Waals surface area contributed by atoms with E-state index in [1.807, 2.05) is 48.5 Å². The number of carbonyl (C=O) groups is 4. The highest BCUT2D eigenvalue weighted by Gasteiger charge is 2.31. The molecule has 2 aromatic carbocycles. The number of aliphatic carboxylic acids is 1. The van der Waals surface area contributed by atoms with Crippen LogP contribution in [0.5, 0.6) is 0 Å². The molecule has 0 spiro atoms. The standard InChI is InChI=1S/C26H26N2O7/c1-3-4-13-21(24(30)27-22(25(31)32)14-23(29)34-2)28-26(33)35-15-20-18-11-7-5-9-16(18)17-10-6-8-12-19(17)20/h5-12,20-22H,13-15H2,1-2H3,(H,27,30)(H,28,33)(H,31,32)/t21?,22-/m1/s1. The number of ether oxygens (including phenoxy) is 2. The van der Waals surface area contributed by atoms with E-state index in [0.29, 0.717) is 0 Å². The number of alkyl carbamates (subject to hydrolysis) is 1. The minimum absolute atomic E-state index is 0.0494. The molecule has 0 bridgehead atoms. The molecule has 0 saturated carbocycles. The molecule has 2 amide bonds. The lowest BCUT2D eigenvalue weighted by Crippen LogP contribution is -2.52. The Morgan fingerprint density at radius 2 is 1.57 bits per heavy atom. The number of benzene rings is 2. The molecule has 1 aliphatic rings. The Morgan fingerprint density at radius 1 is 0.971 bits per heavy atom. The van der Waals surface area contributed by atoms with Crippen molar-refractivity contribution in [2.75, 3.05) is 13.7 Å². The van der Waals surface area contributed by atoms with E-state index in [1.54, 1.807) is 6.92 Å². The Morgan fingerprint density at radius 3 is 2.11 bits per heavy atom. The first kappa shape index (κ1) is 25.3. The second-order valence-electron chi connectivity index (χ2n) is 7.83. The SMILES string of the molecule is CC#CCC(NC(=O)OCC1c2ccccc2-c2ccccc21)C(=O)N[C@H](CC(=O)OC)C(=O)O. The van der Waals surface area contributed by atoms with Gasteiger partial charge in [-0.25, -0.2) is 9.59 Å². The van der Waals surface area contributed by atoms with Crippen LogP contribution >= 0.6 is 0 Å². The van der Waals surface area contributed by atoms with Gasteiger partial charge in [-0.3, -0.25) is 9.59 Å². The van der Waals surface area contributed by atoms with E-state index in [0.717, 1.165) is 29.4 Å². The minimum atomic E-state index is -1.52. The second kappa shape index (κ2) is 11.7. The van der Waals surface area contributed by atoms with Crippen molar-refractivity contribution in [3.8, 4) is 23.0 Å². The number of fused-ring (bicyclic) bond motifs is 3. The molecule has 2 aromatic rings. The number of hydrogen-bond acceptors (Lipinski definition) is 6. The average molecular weight is 479 g/mol. The first-order valence-electron chi connectivity index (χ1n) is 11.0. The predicted octanol–water partition coefficient (Wildman–Crippen LogP) is 2.44. The van der Waals surface area contributed by atoms with Gasteiger partial charge in [-0.1, -0.05) is 48.5 Å². The van der Waals surface area contributed by atoms with E-state index in [2.05, 4.69) is 27.2 Å². The molecule has 0 saturated heterocycles. The van der Waals surface area contributed by atoms with E-state index in [9.17, 15) is 24.3 Å². The normalized spacial score (nSPS) is 13.2. The summed E-state index contributed by atoms with van der Waals surface area (Å²) in [6.45, 7) is 1.62. The number of methoxy groups -OCH3 is 1. The second-order valence-corrected chi connectivity index (χ2v) is 7.83. The van der Waals surface area contributed by atoms with Gasteiger partial charge in [0.1, 0.15) is 18.7 Å². The molecule has 9 nitrogen and oxygen atoms in total. The molecular weight excluding hydrogens is 452 g/mol. The van der Waals surface area contributed by atoms with Crippen LogP contribution in [0, 0.1) is 11.8 Å². The fraction of sp³-hybridized carbons (Fsp3) is 0.308. The number of amides is 2. The Kier molecular flexibility index (Phi) is 8.46. The van der Waals surface area contributed by atoms with Gasteiger partial charge < -0.3 is 25.2 Å². The maximum atomic E-state index is 12.7. The maximum absolute atomic E-state index is 12.7. The topological polar surface area (TPSA) is 131 Å². The zero-order valence-corrected chi connectivity index (χ0v) is 19.4. The van der Waals surface area contributed by atoms with E-state index < -0.39 is 42.4 Å². The number of esters is 1. The minimum Gasteiger partial charge on any atom is -0.480 e. The summed E-state index contributed by atoms with van der Waals surface area (Å²) in [5.74, 6) is 2.14. The van der Waals surface area contributed by atoms with Gasteiger partial charge in [-0.15, -0.1) is 11.8 Å². The molecule has 1 unspecified atom stereocenters. The number of rotatable bonds is 9. The summed E-state index contributed by atoms with van der Waals surface area (Å²) in [4.78, 5) is 48.2. The molecule has 0 heterocycles. The van der Waals surface area contributed by atoms with E-state index in [-0.39, 0.29) is 18.9 Å². The molecular formula is C26H26N2O7. The molecule has 3 rings (SSSR count). The van der Waals surface area contributed by atoms with Crippen LogP contribution in [0.3, 0.4) is 0 Å². The third kappa shape index (κ3) is 6.18. The lowest BCUT2D eigenvalue weighted by Gasteiger charge is -2.20. The fourth-order valence-corrected chi connectivity index (χ4v) is 3.92. The highest BCUT2D eigenvalue weighted by molar-refractivity contribution is 5.91. The Labute approximate surface area is 202 Å². The molecule has 0 aliphatic heterocycles. The van der Waals surface area contributed by atoms with Crippen molar-refractivity contribution >= 4 is 23.9 Å². The van der Waals surface area contributed by atoms with Gasteiger partial charge in [0.2, 0.25) is 5.91 Å². The van der Waals surface area contributed by atoms with Gasteiger partial charge in [0, 0.05) is 12.3 Å². The lowest BCUT2D eigenvalue weighted by molar-refractivity contribution is -0.148. The number of nitrogens with one attached hydrogen (secondary N) is 2. The van der Waals surface area contributed by atoms with Crippen molar-refractivity contribution in [3.05, 3.63) is 59.7 Å². The largest absolute Gasteiger partial charge is 0.480 e. The predicted molar refractivity (Wildman–Crippen MR) is 126 cm³/mol. The summed E-state index contributed by atoms with van der Waals surface area (Å²) in [5.41, 5.74) is 4.25. The van der Waals surface area contributed by atoms with Crippen molar-refractivity contribution in [1.29, 1.82) is 0 Å². The van der Waals surface area contributed by atoms with Crippen LogP contribution in [0.4, 0.5) is 4.79 Å². The zero-order valence-electron chi connectivity index (χ0n) is 19.4. The number of carboxylic acid groups (broad SMARTS) is 1. The third-order valence-corrected chi connectivity index (χ3v) is 5.65. The van der Waals surface area contributed by atoms with Crippen molar-refractivity contribution in [3.63, 3.8) is 0 Å². The van der Waals surface area contributed by atoms with Crippen LogP contribution in [0.15, 0.2) is 48.5 Å².